The lowest BCUT2D eigenvalue weighted by Crippen LogP contribution is -2.38. The van der Waals surface area contributed by atoms with Crippen molar-refractivity contribution in [1.29, 1.82) is 0 Å². The number of amides is 1. The molecule has 0 aromatic carbocycles. The smallest absolute Gasteiger partial charge is 0.266 e. The highest BCUT2D eigenvalue weighted by Crippen LogP contribution is 2.35. The van der Waals surface area contributed by atoms with Crippen molar-refractivity contribution in [2.75, 3.05) is 12.3 Å². The molecule has 4 nitrogen and oxygen atoms in total. The van der Waals surface area contributed by atoms with Crippen LogP contribution in [0.25, 0.3) is 10.1 Å². The van der Waals surface area contributed by atoms with Gasteiger partial charge in [0.2, 0.25) is 0 Å². The minimum Gasteiger partial charge on any atom is -0.397 e. The third-order valence-electron chi connectivity index (χ3n) is 4.06. The first-order valence-electron chi connectivity index (χ1n) is 7.02. The number of anilines is 1. The molecule has 0 saturated carbocycles. The predicted molar refractivity (Wildman–Crippen MR) is 82.9 cm³/mol. The zero-order valence-corrected chi connectivity index (χ0v) is 12.6. The van der Waals surface area contributed by atoms with Crippen molar-refractivity contribution < 1.29 is 4.79 Å². The fourth-order valence-corrected chi connectivity index (χ4v) is 4.04. The van der Waals surface area contributed by atoms with Crippen LogP contribution in [0.4, 0.5) is 5.69 Å². The second-order valence-electron chi connectivity index (χ2n) is 5.67. The van der Waals surface area contributed by atoms with Gasteiger partial charge in [0.1, 0.15) is 4.88 Å². The van der Waals surface area contributed by atoms with Crippen LogP contribution in [0.2, 0.25) is 0 Å². The van der Waals surface area contributed by atoms with Crippen molar-refractivity contribution >= 4 is 33.0 Å². The second kappa shape index (κ2) is 5.05. The minimum absolute atomic E-state index is 0.0832. The van der Waals surface area contributed by atoms with E-state index in [1.54, 1.807) is 12.4 Å². The standard InChI is InChI=1S/C15H19N3OS/c1-9(2)11-4-3-7-18(11)15(19)14-13(16)10-5-6-17-8-12(10)20-14/h5-6,8-9,11H,3-4,7,16H2,1-2H3. The number of carbonyl (C=O) groups excluding carboxylic acids is 1. The van der Waals surface area contributed by atoms with E-state index in [0.717, 1.165) is 29.5 Å². The monoisotopic (exact) mass is 289 g/mol. The first-order valence-corrected chi connectivity index (χ1v) is 7.84. The topological polar surface area (TPSA) is 59.2 Å². The lowest BCUT2D eigenvalue weighted by atomic mass is 10.0. The summed E-state index contributed by atoms with van der Waals surface area (Å²) < 4.78 is 0.980. The molecule has 20 heavy (non-hydrogen) atoms. The zero-order chi connectivity index (χ0) is 14.3. The molecule has 1 saturated heterocycles. The molecule has 1 atom stereocenters. The Hall–Kier alpha value is -1.62. The number of fused-ring (bicyclic) bond motifs is 1. The molecule has 5 heteroatoms. The molecule has 1 aliphatic heterocycles. The fraction of sp³-hybridized carbons (Fsp3) is 0.467. The Bertz CT molecular complexity index is 650. The van der Waals surface area contributed by atoms with Gasteiger partial charge in [0.05, 0.1) is 10.4 Å². The molecule has 3 heterocycles. The van der Waals surface area contributed by atoms with Gasteiger partial charge in [-0.1, -0.05) is 13.8 Å². The third kappa shape index (κ3) is 2.06. The average molecular weight is 289 g/mol. The van der Waals surface area contributed by atoms with Crippen LogP contribution in [0, 0.1) is 5.92 Å². The van der Waals surface area contributed by atoms with Crippen LogP contribution < -0.4 is 5.73 Å². The van der Waals surface area contributed by atoms with Crippen LogP contribution in [-0.4, -0.2) is 28.4 Å². The van der Waals surface area contributed by atoms with Crippen molar-refractivity contribution in [2.45, 2.75) is 32.7 Å². The molecule has 0 spiro atoms. The number of hydrogen-bond donors (Lipinski definition) is 1. The Balaban J connectivity index is 1.98. The number of nitrogens with zero attached hydrogens (tertiary/aromatic N) is 2. The fourth-order valence-electron chi connectivity index (χ4n) is 3.00. The Kier molecular flexibility index (Phi) is 3.38. The molecule has 1 aliphatic rings. The van der Waals surface area contributed by atoms with Crippen molar-refractivity contribution in [3.8, 4) is 0 Å². The summed E-state index contributed by atoms with van der Waals surface area (Å²) in [4.78, 5) is 19.6. The molecule has 1 amide bonds. The molecule has 2 aromatic heterocycles. The van der Waals surface area contributed by atoms with Crippen LogP contribution in [0.3, 0.4) is 0 Å². The largest absolute Gasteiger partial charge is 0.397 e. The van der Waals surface area contributed by atoms with E-state index in [4.69, 9.17) is 5.73 Å². The Morgan fingerprint density at radius 1 is 1.55 bits per heavy atom. The molecule has 1 fully saturated rings. The SMILES string of the molecule is CC(C)C1CCCN1C(=O)c1sc2cnccc2c1N. The highest BCUT2D eigenvalue weighted by atomic mass is 32.1. The normalized spacial score (nSPS) is 19.1. The van der Waals surface area contributed by atoms with Crippen molar-refractivity contribution in [2.24, 2.45) is 5.92 Å². The van der Waals surface area contributed by atoms with Gasteiger partial charge in [-0.25, -0.2) is 0 Å². The van der Waals surface area contributed by atoms with Gasteiger partial charge in [0.25, 0.3) is 5.91 Å². The van der Waals surface area contributed by atoms with Crippen molar-refractivity contribution in [1.82, 2.24) is 9.88 Å². The molecule has 2 aromatic rings. The van der Waals surface area contributed by atoms with E-state index in [1.165, 1.54) is 11.3 Å². The van der Waals surface area contributed by atoms with Gasteiger partial charge < -0.3 is 10.6 Å². The lowest BCUT2D eigenvalue weighted by Gasteiger charge is -2.27. The number of likely N-dealkylation sites (tertiary alicyclic amines) is 1. The highest BCUT2D eigenvalue weighted by Gasteiger charge is 2.33. The van der Waals surface area contributed by atoms with Gasteiger partial charge in [-0.2, -0.15) is 0 Å². The number of pyridine rings is 1. The highest BCUT2D eigenvalue weighted by molar-refractivity contribution is 7.21. The van der Waals surface area contributed by atoms with E-state index in [-0.39, 0.29) is 5.91 Å². The number of nitrogens with two attached hydrogens (primary N) is 1. The maximum absolute atomic E-state index is 12.8. The first kappa shape index (κ1) is 13.4. The van der Waals surface area contributed by atoms with E-state index >= 15 is 0 Å². The van der Waals surface area contributed by atoms with Gasteiger partial charge >= 0.3 is 0 Å². The summed E-state index contributed by atoms with van der Waals surface area (Å²) in [7, 11) is 0. The number of nitrogen functional groups attached to an aromatic ring is 1. The minimum atomic E-state index is 0.0832. The number of thiophene rings is 1. The molecular formula is C15H19N3OS. The van der Waals surface area contributed by atoms with Gasteiger partial charge in [0.15, 0.2) is 0 Å². The summed E-state index contributed by atoms with van der Waals surface area (Å²) in [6.07, 6.45) is 5.67. The van der Waals surface area contributed by atoms with Crippen LogP contribution in [-0.2, 0) is 0 Å². The van der Waals surface area contributed by atoms with Gasteiger partial charge in [-0.05, 0) is 24.8 Å². The molecule has 0 aliphatic carbocycles. The van der Waals surface area contributed by atoms with Gasteiger partial charge in [0, 0.05) is 30.4 Å². The van der Waals surface area contributed by atoms with Gasteiger partial charge in [-0.3, -0.25) is 9.78 Å². The summed E-state index contributed by atoms with van der Waals surface area (Å²) in [5, 5.41) is 0.939. The van der Waals surface area contributed by atoms with Gasteiger partial charge in [-0.15, -0.1) is 11.3 Å². The lowest BCUT2D eigenvalue weighted by molar-refractivity contribution is 0.0707. The maximum Gasteiger partial charge on any atom is 0.266 e. The second-order valence-corrected chi connectivity index (χ2v) is 6.72. The van der Waals surface area contributed by atoms with Crippen LogP contribution in [0.1, 0.15) is 36.4 Å². The van der Waals surface area contributed by atoms with E-state index in [0.29, 0.717) is 22.5 Å². The maximum atomic E-state index is 12.8. The van der Waals surface area contributed by atoms with Crippen LogP contribution in [0.5, 0.6) is 0 Å². The quantitative estimate of drug-likeness (QED) is 0.924. The van der Waals surface area contributed by atoms with Crippen LogP contribution in [0.15, 0.2) is 18.5 Å². The molecule has 2 N–H and O–H groups in total. The Labute approximate surface area is 122 Å². The Morgan fingerprint density at radius 2 is 2.35 bits per heavy atom. The average Bonchev–Trinajstić information content (AvgIpc) is 3.04. The van der Waals surface area contributed by atoms with E-state index < -0.39 is 0 Å². The zero-order valence-electron chi connectivity index (χ0n) is 11.8. The van der Waals surface area contributed by atoms with E-state index in [9.17, 15) is 4.79 Å². The molecule has 106 valence electrons. The summed E-state index contributed by atoms with van der Waals surface area (Å²) in [5.74, 6) is 0.568. The molecule has 0 bridgehead atoms. The van der Waals surface area contributed by atoms with Crippen molar-refractivity contribution in [3.63, 3.8) is 0 Å². The predicted octanol–water partition coefficient (Wildman–Crippen LogP) is 3.14. The third-order valence-corrected chi connectivity index (χ3v) is 5.20. The molecular weight excluding hydrogens is 270 g/mol. The first-order chi connectivity index (χ1) is 9.59. The summed E-state index contributed by atoms with van der Waals surface area (Å²) in [5.41, 5.74) is 6.77. The number of hydrogen-bond acceptors (Lipinski definition) is 4. The molecule has 1 unspecified atom stereocenters. The molecule has 0 radical (unpaired) electrons. The summed E-state index contributed by atoms with van der Waals surface area (Å²) >= 11 is 1.45. The van der Waals surface area contributed by atoms with Crippen LogP contribution >= 0.6 is 11.3 Å². The van der Waals surface area contributed by atoms with Crippen molar-refractivity contribution in [3.05, 3.63) is 23.3 Å². The number of aromatic nitrogens is 1. The van der Waals surface area contributed by atoms with E-state index in [1.807, 2.05) is 11.0 Å². The molecule has 3 rings (SSSR count). The summed E-state index contributed by atoms with van der Waals surface area (Å²) in [6.45, 7) is 5.19. The number of carbonyl (C=O) groups is 1. The van der Waals surface area contributed by atoms with E-state index in [2.05, 4.69) is 18.8 Å². The number of rotatable bonds is 2. The Morgan fingerprint density at radius 3 is 3.05 bits per heavy atom. The summed E-state index contributed by atoms with van der Waals surface area (Å²) in [6, 6.07) is 2.22.